The van der Waals surface area contributed by atoms with Gasteiger partial charge in [-0.1, -0.05) is 0 Å². The molecule has 40 heavy (non-hydrogen) atoms. The van der Waals surface area contributed by atoms with Gasteiger partial charge in [0.2, 0.25) is 29.6 Å². The predicted octanol–water partition coefficient (Wildman–Crippen LogP) is 1.23. The third kappa shape index (κ3) is 6.41. The van der Waals surface area contributed by atoms with E-state index in [0.29, 0.717) is 43.7 Å². The monoisotopic (exact) mass is 551 g/mol. The van der Waals surface area contributed by atoms with E-state index >= 15 is 0 Å². The maximum absolute atomic E-state index is 13.5. The van der Waals surface area contributed by atoms with Gasteiger partial charge < -0.3 is 24.9 Å². The number of nitrogens with zero attached hydrogens (tertiary/aromatic N) is 3. The van der Waals surface area contributed by atoms with Crippen molar-refractivity contribution in [1.82, 2.24) is 25.8 Å². The van der Waals surface area contributed by atoms with Crippen LogP contribution in [-0.2, 0) is 19.2 Å². The van der Waals surface area contributed by atoms with Gasteiger partial charge in [-0.2, -0.15) is 0 Å². The Balaban J connectivity index is 1.38. The Hall–Kier alpha value is -4.42. The molecule has 5 rings (SSSR count). The number of fused-ring (bicyclic) bond motifs is 1. The lowest BCUT2D eigenvalue weighted by Gasteiger charge is -2.26. The Kier molecular flexibility index (Phi) is 7.99. The molecule has 0 spiro atoms. The first-order chi connectivity index (χ1) is 19.2. The maximum Gasteiger partial charge on any atom is 0.322 e. The quantitative estimate of drug-likeness (QED) is 0.320. The van der Waals surface area contributed by atoms with Gasteiger partial charge in [0.15, 0.2) is 0 Å². The number of furan rings is 1. The van der Waals surface area contributed by atoms with Crippen molar-refractivity contribution < 1.29 is 28.4 Å². The average Bonchev–Trinajstić information content (AvgIpc) is 3.54. The highest BCUT2D eigenvalue weighted by Gasteiger charge is 2.32. The van der Waals surface area contributed by atoms with Crippen LogP contribution in [0.1, 0.15) is 44.3 Å². The molecule has 0 aliphatic carbocycles. The Morgan fingerprint density at radius 1 is 1.07 bits per heavy atom. The van der Waals surface area contributed by atoms with E-state index in [1.165, 1.54) is 0 Å². The van der Waals surface area contributed by atoms with E-state index in [-0.39, 0.29) is 30.7 Å². The second-order valence-corrected chi connectivity index (χ2v) is 10.3. The lowest BCUT2D eigenvalue weighted by Crippen LogP contribution is -2.58. The fourth-order valence-corrected chi connectivity index (χ4v) is 5.20. The van der Waals surface area contributed by atoms with E-state index in [9.17, 15) is 24.0 Å². The number of hydrogen-bond acceptors (Lipinski definition) is 7. The summed E-state index contributed by atoms with van der Waals surface area (Å²) < 4.78 is 5.63. The molecule has 2 atom stereocenters. The summed E-state index contributed by atoms with van der Waals surface area (Å²) in [5.41, 5.74) is 1.28. The van der Waals surface area contributed by atoms with Crippen LogP contribution in [0.5, 0.6) is 0 Å². The number of guanidine groups is 1. The molecule has 3 saturated heterocycles. The summed E-state index contributed by atoms with van der Waals surface area (Å²) in [5.74, 6) is -0.851. The second-order valence-electron chi connectivity index (χ2n) is 10.3. The number of amides is 6. The van der Waals surface area contributed by atoms with Gasteiger partial charge in [0.05, 0.1) is 13.0 Å². The van der Waals surface area contributed by atoms with Crippen LogP contribution in [0.4, 0.5) is 10.5 Å². The highest BCUT2D eigenvalue weighted by Crippen LogP contribution is 2.23. The summed E-state index contributed by atoms with van der Waals surface area (Å²) in [6.45, 7) is 3.71. The summed E-state index contributed by atoms with van der Waals surface area (Å²) >= 11 is 0. The highest BCUT2D eigenvalue weighted by atomic mass is 16.3. The molecular weight excluding hydrogens is 518 g/mol. The summed E-state index contributed by atoms with van der Waals surface area (Å²) in [4.78, 5) is 70.9. The number of carbonyl (C=O) groups excluding carboxylic acids is 5. The molecule has 0 saturated carbocycles. The first-order valence-electron chi connectivity index (χ1n) is 13.6. The molecule has 13 nitrogen and oxygen atoms in total. The zero-order valence-corrected chi connectivity index (χ0v) is 22.3. The van der Waals surface area contributed by atoms with Crippen molar-refractivity contribution in [2.24, 2.45) is 4.99 Å². The van der Waals surface area contributed by atoms with E-state index in [4.69, 9.17) is 4.42 Å². The number of aryl methyl sites for hydroxylation is 1. The van der Waals surface area contributed by atoms with Crippen molar-refractivity contribution in [1.29, 1.82) is 0 Å². The summed E-state index contributed by atoms with van der Waals surface area (Å²) in [7, 11) is 0. The Labute approximate surface area is 230 Å². The molecule has 1 aromatic heterocycles. The van der Waals surface area contributed by atoms with Gasteiger partial charge in [-0.15, -0.1) is 0 Å². The summed E-state index contributed by atoms with van der Waals surface area (Å²) in [6.07, 6.45) is 3.59. The Morgan fingerprint density at radius 2 is 1.85 bits per heavy atom. The minimum Gasteiger partial charge on any atom is -0.461 e. The van der Waals surface area contributed by atoms with Crippen LogP contribution >= 0.6 is 0 Å². The van der Waals surface area contributed by atoms with Crippen LogP contribution in [0.15, 0.2) is 33.7 Å². The molecule has 3 aliphatic rings. The second kappa shape index (κ2) is 11.8. The molecule has 3 fully saturated rings. The van der Waals surface area contributed by atoms with Crippen LogP contribution in [0.2, 0.25) is 0 Å². The zero-order chi connectivity index (χ0) is 28.2. The van der Waals surface area contributed by atoms with Crippen molar-refractivity contribution in [3.8, 4) is 0 Å². The lowest BCUT2D eigenvalue weighted by molar-refractivity contribution is -0.140. The average molecular weight is 552 g/mol. The third-order valence-electron chi connectivity index (χ3n) is 7.23. The number of aliphatic imine (C=N–C) groups is 1. The number of likely N-dealkylation sites (tertiary alicyclic amines) is 2. The number of hydrogen-bond donors (Lipinski definition) is 4. The minimum absolute atomic E-state index is 0.000298. The topological polar surface area (TPSA) is 165 Å². The number of imide groups is 1. The zero-order valence-electron chi connectivity index (χ0n) is 22.3. The van der Waals surface area contributed by atoms with Gasteiger partial charge >= 0.3 is 6.03 Å². The Morgan fingerprint density at radius 3 is 2.62 bits per heavy atom. The molecule has 4 N–H and O–H groups in total. The molecule has 13 heteroatoms. The third-order valence-corrected chi connectivity index (χ3v) is 7.23. The van der Waals surface area contributed by atoms with Crippen molar-refractivity contribution in [3.63, 3.8) is 0 Å². The molecule has 4 heterocycles. The number of urea groups is 1. The smallest absolute Gasteiger partial charge is 0.322 e. The first-order valence-corrected chi connectivity index (χ1v) is 13.6. The van der Waals surface area contributed by atoms with Gasteiger partial charge in [-0.05, 0) is 63.3 Å². The summed E-state index contributed by atoms with van der Waals surface area (Å²) in [6, 6.07) is 4.51. The molecular formula is C27H33N7O6. The molecule has 3 aliphatic heterocycles. The molecule has 212 valence electrons. The van der Waals surface area contributed by atoms with Crippen LogP contribution in [0.25, 0.3) is 11.0 Å². The lowest BCUT2D eigenvalue weighted by atomic mass is 10.1. The number of nitrogens with one attached hydrogen (secondary N) is 4. The van der Waals surface area contributed by atoms with Crippen LogP contribution in [0, 0.1) is 6.92 Å². The fourth-order valence-electron chi connectivity index (χ4n) is 5.20. The van der Waals surface area contributed by atoms with Crippen molar-refractivity contribution in [2.75, 3.05) is 31.5 Å². The highest BCUT2D eigenvalue weighted by molar-refractivity contribution is 6.10. The van der Waals surface area contributed by atoms with Crippen molar-refractivity contribution >= 4 is 52.3 Å². The largest absolute Gasteiger partial charge is 0.461 e. The fraction of sp³-hybridized carbons (Fsp3) is 0.481. The predicted molar refractivity (Wildman–Crippen MR) is 145 cm³/mol. The molecule has 1 aromatic carbocycles. The Bertz CT molecular complexity index is 1350. The van der Waals surface area contributed by atoms with Gasteiger partial charge in [-0.25, -0.2) is 9.79 Å². The molecule has 6 amide bonds. The molecule has 1 unspecified atom stereocenters. The van der Waals surface area contributed by atoms with Crippen LogP contribution in [0.3, 0.4) is 0 Å². The van der Waals surface area contributed by atoms with Gasteiger partial charge in [0.25, 0.3) is 0 Å². The standard InChI is InChI=1S/C27H33N7O6/c1-16-12-17-13-18(7-8-21(17)40-16)28-26(32-24(37)20-14-22(35)31-27(39)30-20)29-19-6-2-3-11-34(25(19)38)15-23(36)33-9-4-5-10-33/h7-8,12-13,19-20H,2-6,9-11,14-15H2,1H3,(H2,28,29,32,37)(H2,30,31,35,39)/t19-,20?/m0/s1. The molecule has 0 radical (unpaired) electrons. The van der Waals surface area contributed by atoms with E-state index < -0.39 is 29.9 Å². The van der Waals surface area contributed by atoms with Crippen molar-refractivity contribution in [3.05, 3.63) is 30.0 Å². The first kappa shape index (κ1) is 27.2. The van der Waals surface area contributed by atoms with E-state index in [1.54, 1.807) is 21.9 Å². The number of rotatable bonds is 5. The number of benzene rings is 1. The maximum atomic E-state index is 13.5. The SMILES string of the molecule is Cc1cc2cc(NC(=N[C@H]3CCCCN(CC(=O)N4CCCC4)C3=O)NC(=O)C3CC(=O)NC(=O)N3)ccc2o1. The van der Waals surface area contributed by atoms with Crippen LogP contribution < -0.4 is 21.3 Å². The normalized spacial score (nSPS) is 22.1. The summed E-state index contributed by atoms with van der Waals surface area (Å²) in [5, 5.41) is 11.1. The molecule has 2 aromatic rings. The van der Waals surface area contributed by atoms with Gasteiger partial charge in [0, 0.05) is 30.7 Å². The van der Waals surface area contributed by atoms with Crippen LogP contribution in [-0.4, -0.2) is 83.7 Å². The van der Waals surface area contributed by atoms with E-state index in [0.717, 1.165) is 30.4 Å². The number of anilines is 1. The van der Waals surface area contributed by atoms with Crippen molar-refractivity contribution in [2.45, 2.75) is 57.5 Å². The van der Waals surface area contributed by atoms with E-state index in [1.807, 2.05) is 19.1 Å². The van der Waals surface area contributed by atoms with Gasteiger partial charge in [0.1, 0.15) is 23.4 Å². The minimum atomic E-state index is -1.10. The van der Waals surface area contributed by atoms with E-state index in [2.05, 4.69) is 26.3 Å². The number of carbonyl (C=O) groups is 5. The van der Waals surface area contributed by atoms with Gasteiger partial charge in [-0.3, -0.25) is 29.8 Å². The molecule has 0 bridgehead atoms.